The van der Waals surface area contributed by atoms with Gasteiger partial charge in [0.15, 0.2) is 17.4 Å². The summed E-state index contributed by atoms with van der Waals surface area (Å²) in [5.74, 6) is -4.62. The predicted molar refractivity (Wildman–Crippen MR) is 131 cm³/mol. The summed E-state index contributed by atoms with van der Waals surface area (Å²) < 4.78 is 51.6. The summed E-state index contributed by atoms with van der Waals surface area (Å²) in [4.78, 5) is 39.3. The van der Waals surface area contributed by atoms with Crippen molar-refractivity contribution in [3.63, 3.8) is 0 Å². The Labute approximate surface area is 215 Å². The van der Waals surface area contributed by atoms with Crippen LogP contribution in [0.15, 0.2) is 17.9 Å². The van der Waals surface area contributed by atoms with Crippen LogP contribution in [0, 0.1) is 17.0 Å². The lowest BCUT2D eigenvalue weighted by molar-refractivity contribution is -0.138. The van der Waals surface area contributed by atoms with Crippen molar-refractivity contribution in [1.82, 2.24) is 5.32 Å². The van der Waals surface area contributed by atoms with Crippen LogP contribution in [-0.2, 0) is 19.0 Å². The number of hydrogen-bond donors (Lipinski definition) is 1. The quantitative estimate of drug-likeness (QED) is 0.128. The van der Waals surface area contributed by atoms with Crippen LogP contribution in [0.25, 0.3) is 0 Å². The molecule has 1 aliphatic heterocycles. The van der Waals surface area contributed by atoms with Gasteiger partial charge in [0.05, 0.1) is 31.9 Å². The summed E-state index contributed by atoms with van der Waals surface area (Å²) in [5, 5.41) is 2.86. The number of nitrogens with one attached hydrogen (secondary N) is 1. The van der Waals surface area contributed by atoms with Crippen LogP contribution in [0.2, 0.25) is 0 Å². The maximum absolute atomic E-state index is 15.6. The lowest BCUT2D eigenvalue weighted by atomic mass is 10.0. The molecule has 9 nitrogen and oxygen atoms in total. The molecule has 1 atom stereocenters. The first kappa shape index (κ1) is 28.2. The molecule has 2 aliphatic rings. The normalized spacial score (nSPS) is 18.4. The molecule has 0 bridgehead atoms. The number of rotatable bonds is 9. The molecule has 1 heterocycles. The van der Waals surface area contributed by atoms with E-state index in [4.69, 9.17) is 18.9 Å². The molecule has 0 aromatic heterocycles. The molecule has 2 fully saturated rings. The third-order valence-corrected chi connectivity index (χ3v) is 6.25. The maximum Gasteiger partial charge on any atom is 0.407 e. The molecule has 1 N–H and O–H groups in total. The fourth-order valence-corrected chi connectivity index (χ4v) is 4.41. The third-order valence-electron chi connectivity index (χ3n) is 6.25. The zero-order chi connectivity index (χ0) is 27.5. The molecule has 0 unspecified atom stereocenters. The van der Waals surface area contributed by atoms with E-state index in [-0.39, 0.29) is 36.9 Å². The first-order valence-electron chi connectivity index (χ1n) is 12.2. The van der Waals surface area contributed by atoms with Gasteiger partial charge in [-0.2, -0.15) is 0 Å². The molecule has 1 amide bonds. The molecular weight excluding hydrogens is 490 g/mol. The summed E-state index contributed by atoms with van der Waals surface area (Å²) in [5.41, 5.74) is -2.41. The second-order valence-electron chi connectivity index (χ2n) is 10.1. The minimum Gasteiger partial charge on any atom is -0.500 e. The number of esters is 1. The molecule has 37 heavy (non-hydrogen) atoms. The Kier molecular flexibility index (Phi) is 8.34. The highest BCUT2D eigenvalue weighted by molar-refractivity contribution is 6.24. The van der Waals surface area contributed by atoms with Crippen molar-refractivity contribution in [2.24, 2.45) is 5.41 Å². The largest absolute Gasteiger partial charge is 0.500 e. The molecule has 3 rings (SSSR count). The van der Waals surface area contributed by atoms with Crippen LogP contribution in [0.1, 0.15) is 57.8 Å². The summed E-state index contributed by atoms with van der Waals surface area (Å²) in [6.07, 6.45) is 1.90. The number of anilines is 1. The van der Waals surface area contributed by atoms with Crippen molar-refractivity contribution in [1.29, 1.82) is 0 Å². The number of nitrogens with zero attached hydrogens (tertiary/aromatic N) is 1. The van der Waals surface area contributed by atoms with E-state index in [2.05, 4.69) is 5.32 Å². The van der Waals surface area contributed by atoms with Gasteiger partial charge >= 0.3 is 12.1 Å². The van der Waals surface area contributed by atoms with E-state index in [9.17, 15) is 14.4 Å². The number of methoxy groups -OCH3 is 1. The number of hydrogen-bond acceptors (Lipinski definition) is 8. The molecule has 11 heteroatoms. The van der Waals surface area contributed by atoms with Crippen LogP contribution in [0.4, 0.5) is 19.3 Å². The van der Waals surface area contributed by atoms with Gasteiger partial charge in [-0.3, -0.25) is 4.79 Å². The van der Waals surface area contributed by atoms with Gasteiger partial charge < -0.3 is 29.2 Å². The van der Waals surface area contributed by atoms with Gasteiger partial charge in [0, 0.05) is 18.5 Å². The van der Waals surface area contributed by atoms with Gasteiger partial charge in [-0.1, -0.05) is 0 Å². The number of amides is 1. The number of ketones is 1. The molecule has 1 aromatic rings. The average molecular weight is 525 g/mol. The second-order valence-corrected chi connectivity index (χ2v) is 10.1. The van der Waals surface area contributed by atoms with Gasteiger partial charge in [-0.15, -0.1) is 0 Å². The number of carbonyl (C=O) groups is 3. The van der Waals surface area contributed by atoms with Crippen LogP contribution < -0.4 is 15.0 Å². The first-order valence-corrected chi connectivity index (χ1v) is 12.2. The van der Waals surface area contributed by atoms with Gasteiger partial charge in [0.2, 0.25) is 5.78 Å². The standard InChI is InChI=1S/C26H34F2N2O7/c1-7-35-13-16(23(32)36-8-2)21(31)15-11-17(27)20(22(34-6)19(15)28)30-12-18(26(14-30)9-10-26)29-24(33)37-25(3,4)5/h11,13,18H,7-10,12,14H2,1-6H3,(H,29,33)/t18-/m1/s1. The minimum absolute atomic E-state index is 0.0239. The number of Topliss-reactive ketones (excluding diaryl/α,β-unsaturated/α-hetero) is 1. The van der Waals surface area contributed by atoms with Gasteiger partial charge in [0.1, 0.15) is 23.1 Å². The summed E-state index contributed by atoms with van der Waals surface area (Å²) in [6, 6.07) is 0.392. The highest BCUT2D eigenvalue weighted by atomic mass is 19.1. The summed E-state index contributed by atoms with van der Waals surface area (Å²) in [7, 11) is 1.16. The Morgan fingerprint density at radius 1 is 1.19 bits per heavy atom. The second kappa shape index (κ2) is 10.9. The Morgan fingerprint density at radius 3 is 2.41 bits per heavy atom. The molecule has 204 valence electrons. The van der Waals surface area contributed by atoms with Crippen LogP contribution in [0.3, 0.4) is 0 Å². The monoisotopic (exact) mass is 524 g/mol. The smallest absolute Gasteiger partial charge is 0.407 e. The van der Waals surface area contributed by atoms with Gasteiger partial charge in [-0.25, -0.2) is 18.4 Å². The number of halogens is 2. The van der Waals surface area contributed by atoms with Gasteiger partial charge in [-0.05, 0) is 53.5 Å². The number of carbonyl (C=O) groups excluding carboxylic acids is 3. The van der Waals surface area contributed by atoms with Crippen LogP contribution in [-0.4, -0.2) is 62.9 Å². The molecule has 0 radical (unpaired) electrons. The fraction of sp³-hybridized carbons (Fsp3) is 0.577. The Hall–Kier alpha value is -3.37. The first-order chi connectivity index (χ1) is 17.4. The Morgan fingerprint density at radius 2 is 1.86 bits per heavy atom. The zero-order valence-corrected chi connectivity index (χ0v) is 22.0. The lowest BCUT2D eigenvalue weighted by Gasteiger charge is -2.24. The minimum atomic E-state index is -1.12. The molecular formula is C26H34F2N2O7. The van der Waals surface area contributed by atoms with Crippen molar-refractivity contribution in [3.8, 4) is 5.75 Å². The van der Waals surface area contributed by atoms with E-state index in [1.165, 1.54) is 0 Å². The Bertz CT molecular complexity index is 1090. The summed E-state index contributed by atoms with van der Waals surface area (Å²) >= 11 is 0. The molecule has 1 saturated carbocycles. The van der Waals surface area contributed by atoms with Crippen molar-refractivity contribution in [3.05, 3.63) is 35.1 Å². The van der Waals surface area contributed by atoms with Crippen molar-refractivity contribution >= 4 is 23.5 Å². The van der Waals surface area contributed by atoms with E-state index < -0.39 is 52.0 Å². The van der Waals surface area contributed by atoms with Crippen molar-refractivity contribution in [2.75, 3.05) is 38.3 Å². The number of alkyl carbamates (subject to hydrolysis) is 1. The maximum atomic E-state index is 15.6. The van der Waals surface area contributed by atoms with Crippen LogP contribution >= 0.6 is 0 Å². The third kappa shape index (κ3) is 6.14. The van der Waals surface area contributed by atoms with E-state index in [1.807, 2.05) is 0 Å². The van der Waals surface area contributed by atoms with Crippen molar-refractivity contribution in [2.45, 2.75) is 59.1 Å². The van der Waals surface area contributed by atoms with Crippen LogP contribution in [0.5, 0.6) is 5.75 Å². The fourth-order valence-electron chi connectivity index (χ4n) is 4.41. The van der Waals surface area contributed by atoms with E-state index in [1.54, 1.807) is 39.5 Å². The highest BCUT2D eigenvalue weighted by Crippen LogP contribution is 2.55. The lowest BCUT2D eigenvalue weighted by Crippen LogP contribution is -2.44. The summed E-state index contributed by atoms with van der Waals surface area (Å²) in [6.45, 7) is 9.11. The Balaban J connectivity index is 1.93. The predicted octanol–water partition coefficient (Wildman–Crippen LogP) is 4.13. The topological polar surface area (TPSA) is 103 Å². The van der Waals surface area contributed by atoms with E-state index >= 15 is 8.78 Å². The average Bonchev–Trinajstić information content (AvgIpc) is 3.50. The molecule has 1 saturated heterocycles. The number of benzene rings is 1. The molecule has 1 spiro atoms. The van der Waals surface area contributed by atoms with E-state index in [0.717, 1.165) is 32.3 Å². The molecule has 1 aromatic carbocycles. The SMILES string of the molecule is CCOC=C(C(=O)OCC)C(=O)c1cc(F)c(N2C[C@@H](NC(=O)OC(C)(C)C)C3(CC3)C2)c(OC)c1F. The molecule has 1 aliphatic carbocycles. The zero-order valence-electron chi connectivity index (χ0n) is 22.0. The van der Waals surface area contributed by atoms with E-state index in [0.29, 0.717) is 6.54 Å². The number of ether oxygens (including phenoxy) is 4. The highest BCUT2D eigenvalue weighted by Gasteiger charge is 2.56. The van der Waals surface area contributed by atoms with Crippen molar-refractivity contribution < 1.29 is 42.1 Å². The van der Waals surface area contributed by atoms with Gasteiger partial charge in [0.25, 0.3) is 0 Å².